The molecule has 6 nitrogen and oxygen atoms in total. The highest BCUT2D eigenvalue weighted by Crippen LogP contribution is 2.19. The van der Waals surface area contributed by atoms with E-state index in [4.69, 9.17) is 18.9 Å². The van der Waals surface area contributed by atoms with Crippen molar-refractivity contribution in [3.8, 4) is 0 Å². The summed E-state index contributed by atoms with van der Waals surface area (Å²) < 4.78 is 21.0. The fourth-order valence-electron chi connectivity index (χ4n) is 1.72. The molecule has 0 aromatic carbocycles. The van der Waals surface area contributed by atoms with E-state index in [-0.39, 0.29) is 12.6 Å². The van der Waals surface area contributed by atoms with Crippen molar-refractivity contribution in [3.05, 3.63) is 0 Å². The zero-order valence-electron chi connectivity index (χ0n) is 12.5. The van der Waals surface area contributed by atoms with Crippen LogP contribution in [0.15, 0.2) is 0 Å². The molecule has 0 bridgehead atoms. The third kappa shape index (κ3) is 10.5. The van der Waals surface area contributed by atoms with Gasteiger partial charge in [-0.3, -0.25) is 0 Å². The molecule has 2 N–H and O–H groups in total. The third-order valence-corrected chi connectivity index (χ3v) is 3.06. The largest absolute Gasteiger partial charge is 0.395 e. The molecule has 6 heteroatoms. The van der Waals surface area contributed by atoms with E-state index in [0.717, 1.165) is 6.42 Å². The maximum atomic E-state index is 9.20. The van der Waals surface area contributed by atoms with Crippen LogP contribution in [0.25, 0.3) is 0 Å². The van der Waals surface area contributed by atoms with Gasteiger partial charge in [-0.1, -0.05) is 0 Å². The number of methoxy groups -OCH3 is 1. The molecule has 0 amide bonds. The number of aliphatic hydroxyl groups excluding tert-OH is 1. The normalized spacial score (nSPS) is 16.5. The van der Waals surface area contributed by atoms with E-state index >= 15 is 0 Å². The Morgan fingerprint density at radius 1 is 0.950 bits per heavy atom. The lowest BCUT2D eigenvalue weighted by molar-refractivity contribution is 0.00209. The Morgan fingerprint density at radius 3 is 2.00 bits per heavy atom. The highest BCUT2D eigenvalue weighted by Gasteiger charge is 2.23. The average Bonchev–Trinajstić information content (AvgIpc) is 3.27. The number of hydrogen-bond acceptors (Lipinski definition) is 6. The molecule has 20 heavy (non-hydrogen) atoms. The summed E-state index contributed by atoms with van der Waals surface area (Å²) in [6, 6.07) is 0.784. The number of aliphatic hydroxyl groups is 1. The van der Waals surface area contributed by atoms with Crippen LogP contribution in [0.5, 0.6) is 0 Å². The van der Waals surface area contributed by atoms with E-state index in [9.17, 15) is 5.11 Å². The predicted octanol–water partition coefficient (Wildman–Crippen LogP) is 0.186. The maximum absolute atomic E-state index is 9.20. The smallest absolute Gasteiger partial charge is 0.0701 e. The lowest BCUT2D eigenvalue weighted by Gasteiger charge is -2.15. The quantitative estimate of drug-likeness (QED) is 0.420. The van der Waals surface area contributed by atoms with Gasteiger partial charge in [0.1, 0.15) is 0 Å². The number of nitrogens with one attached hydrogen (secondary N) is 1. The standard InChI is InChI=1S/C14H29NO5/c1-17-6-7-19-10-11-20-9-8-18-5-4-14(12-16)15-13-2-3-13/h13-16H,2-12H2,1H3. The van der Waals surface area contributed by atoms with E-state index in [1.165, 1.54) is 12.8 Å². The van der Waals surface area contributed by atoms with E-state index in [2.05, 4.69) is 5.32 Å². The summed E-state index contributed by atoms with van der Waals surface area (Å²) in [5.74, 6) is 0. The van der Waals surface area contributed by atoms with Gasteiger partial charge in [0.2, 0.25) is 0 Å². The van der Waals surface area contributed by atoms with Crippen molar-refractivity contribution in [2.75, 3.05) is 60.0 Å². The number of ether oxygens (including phenoxy) is 4. The SMILES string of the molecule is COCCOCCOCCOCCC(CO)NC1CC1. The molecule has 1 rings (SSSR count). The zero-order valence-corrected chi connectivity index (χ0v) is 12.5. The minimum absolute atomic E-state index is 0.164. The van der Waals surface area contributed by atoms with Gasteiger partial charge in [-0.15, -0.1) is 0 Å². The molecule has 1 unspecified atom stereocenters. The van der Waals surface area contributed by atoms with Gasteiger partial charge in [-0.05, 0) is 19.3 Å². The first-order chi connectivity index (χ1) is 9.86. The molecule has 1 atom stereocenters. The maximum Gasteiger partial charge on any atom is 0.0701 e. The van der Waals surface area contributed by atoms with Crippen molar-refractivity contribution in [2.45, 2.75) is 31.3 Å². The van der Waals surface area contributed by atoms with E-state index in [1.54, 1.807) is 7.11 Å². The molecule has 1 aliphatic carbocycles. The fourth-order valence-corrected chi connectivity index (χ4v) is 1.72. The molecule has 1 aliphatic rings. The summed E-state index contributed by atoms with van der Waals surface area (Å²) in [6.45, 7) is 4.37. The van der Waals surface area contributed by atoms with E-state index in [1.807, 2.05) is 0 Å². The summed E-state index contributed by atoms with van der Waals surface area (Å²) >= 11 is 0. The van der Waals surface area contributed by atoms with Crippen molar-refractivity contribution in [1.29, 1.82) is 0 Å². The minimum atomic E-state index is 0.164. The monoisotopic (exact) mass is 291 g/mol. The van der Waals surface area contributed by atoms with Gasteiger partial charge in [0.05, 0.1) is 46.2 Å². The van der Waals surface area contributed by atoms with Crippen LogP contribution in [-0.4, -0.2) is 77.2 Å². The highest BCUT2D eigenvalue weighted by molar-refractivity contribution is 4.84. The van der Waals surface area contributed by atoms with Gasteiger partial charge in [0.25, 0.3) is 0 Å². The Hall–Kier alpha value is -0.240. The lowest BCUT2D eigenvalue weighted by Crippen LogP contribution is -2.35. The molecular weight excluding hydrogens is 262 g/mol. The number of hydrogen-bond donors (Lipinski definition) is 2. The Morgan fingerprint density at radius 2 is 1.50 bits per heavy atom. The van der Waals surface area contributed by atoms with Crippen LogP contribution >= 0.6 is 0 Å². The summed E-state index contributed by atoms with van der Waals surface area (Å²) in [7, 11) is 1.65. The van der Waals surface area contributed by atoms with Crippen molar-refractivity contribution >= 4 is 0 Å². The predicted molar refractivity (Wildman–Crippen MR) is 76.0 cm³/mol. The molecule has 0 aliphatic heterocycles. The van der Waals surface area contributed by atoms with Crippen LogP contribution in [0, 0.1) is 0 Å². The molecule has 0 heterocycles. The van der Waals surface area contributed by atoms with Gasteiger partial charge in [-0.2, -0.15) is 0 Å². The van der Waals surface area contributed by atoms with Crippen molar-refractivity contribution in [1.82, 2.24) is 5.32 Å². The third-order valence-electron chi connectivity index (χ3n) is 3.06. The molecular formula is C14H29NO5. The molecule has 0 saturated heterocycles. The van der Waals surface area contributed by atoms with E-state index < -0.39 is 0 Å². The zero-order chi connectivity index (χ0) is 14.5. The van der Waals surface area contributed by atoms with Crippen LogP contribution in [0.4, 0.5) is 0 Å². The Bertz CT molecular complexity index is 214. The van der Waals surface area contributed by atoms with Crippen molar-refractivity contribution < 1.29 is 24.1 Å². The van der Waals surface area contributed by atoms with Gasteiger partial charge in [0.15, 0.2) is 0 Å². The first kappa shape index (κ1) is 17.8. The second kappa shape index (κ2) is 12.5. The highest BCUT2D eigenvalue weighted by atomic mass is 16.6. The van der Waals surface area contributed by atoms with Gasteiger partial charge in [0, 0.05) is 25.8 Å². The van der Waals surface area contributed by atoms with Crippen LogP contribution in [0.3, 0.4) is 0 Å². The van der Waals surface area contributed by atoms with Crippen LogP contribution in [-0.2, 0) is 18.9 Å². The van der Waals surface area contributed by atoms with Gasteiger partial charge < -0.3 is 29.4 Å². The second-order valence-electron chi connectivity index (χ2n) is 4.94. The summed E-state index contributed by atoms with van der Waals surface area (Å²) in [4.78, 5) is 0. The molecule has 0 radical (unpaired) electrons. The van der Waals surface area contributed by atoms with E-state index in [0.29, 0.717) is 52.3 Å². The topological polar surface area (TPSA) is 69.2 Å². The van der Waals surface area contributed by atoms with Gasteiger partial charge >= 0.3 is 0 Å². The summed E-state index contributed by atoms with van der Waals surface area (Å²) in [5.41, 5.74) is 0. The van der Waals surface area contributed by atoms with Gasteiger partial charge in [-0.25, -0.2) is 0 Å². The summed E-state index contributed by atoms with van der Waals surface area (Å²) in [5, 5.41) is 12.6. The van der Waals surface area contributed by atoms with Crippen molar-refractivity contribution in [2.24, 2.45) is 0 Å². The minimum Gasteiger partial charge on any atom is -0.395 e. The average molecular weight is 291 g/mol. The molecule has 0 aromatic heterocycles. The number of rotatable bonds is 15. The molecule has 1 saturated carbocycles. The Kier molecular flexibility index (Phi) is 11.1. The summed E-state index contributed by atoms with van der Waals surface area (Å²) in [6.07, 6.45) is 3.31. The molecule has 1 fully saturated rings. The molecule has 0 aromatic rings. The lowest BCUT2D eigenvalue weighted by atomic mass is 10.2. The Balaban J connectivity index is 1.75. The molecule has 0 spiro atoms. The first-order valence-electron chi connectivity index (χ1n) is 7.46. The van der Waals surface area contributed by atoms with Crippen LogP contribution < -0.4 is 5.32 Å². The second-order valence-corrected chi connectivity index (χ2v) is 4.94. The van der Waals surface area contributed by atoms with Crippen LogP contribution in [0.1, 0.15) is 19.3 Å². The van der Waals surface area contributed by atoms with Crippen LogP contribution in [0.2, 0.25) is 0 Å². The van der Waals surface area contributed by atoms with Crippen molar-refractivity contribution in [3.63, 3.8) is 0 Å². The Labute approximate surface area is 121 Å². The molecule has 120 valence electrons. The fraction of sp³-hybridized carbons (Fsp3) is 1.00. The first-order valence-corrected chi connectivity index (χ1v) is 7.46.